The van der Waals surface area contributed by atoms with Crippen molar-refractivity contribution < 1.29 is 8.83 Å². The number of rotatable bonds is 4. The standard InChI is InChI=1S/C42H24N4O2/c1-3-10-25(11-4-1)29-18-19-32(38-33-22-28-24-43-21-20-27(28)23-36(33)48-39(29)38)42-45-40(26-12-5-2-6-13-26)44-41(46-42)31-15-9-17-35-37(31)30-14-7-8-16-34(30)47-35/h1-24H. The van der Waals surface area contributed by atoms with Gasteiger partial charge < -0.3 is 8.83 Å². The molecule has 0 saturated carbocycles. The van der Waals surface area contributed by atoms with Gasteiger partial charge in [0, 0.05) is 61.6 Å². The fourth-order valence-corrected chi connectivity index (χ4v) is 6.79. The number of hydrogen-bond acceptors (Lipinski definition) is 6. The summed E-state index contributed by atoms with van der Waals surface area (Å²) in [7, 11) is 0. The molecule has 0 aliphatic carbocycles. The Morgan fingerprint density at radius 1 is 0.417 bits per heavy atom. The minimum absolute atomic E-state index is 0.558. The molecule has 6 aromatic carbocycles. The molecule has 0 saturated heterocycles. The van der Waals surface area contributed by atoms with Crippen molar-refractivity contribution in [2.75, 3.05) is 0 Å². The van der Waals surface area contributed by atoms with Crippen LogP contribution in [0.2, 0.25) is 0 Å². The average molecular weight is 617 g/mol. The van der Waals surface area contributed by atoms with Crippen LogP contribution in [0.3, 0.4) is 0 Å². The van der Waals surface area contributed by atoms with Gasteiger partial charge in [-0.1, -0.05) is 91.0 Å². The second-order valence-electron chi connectivity index (χ2n) is 11.9. The molecule has 4 heterocycles. The van der Waals surface area contributed by atoms with Gasteiger partial charge in [0.05, 0.1) is 0 Å². The van der Waals surface area contributed by atoms with Crippen LogP contribution in [0.5, 0.6) is 0 Å². The Morgan fingerprint density at radius 2 is 1.10 bits per heavy atom. The maximum atomic E-state index is 6.73. The highest BCUT2D eigenvalue weighted by molar-refractivity contribution is 6.18. The molecule has 0 bridgehead atoms. The predicted molar refractivity (Wildman–Crippen MR) is 191 cm³/mol. The molecule has 0 aliphatic rings. The maximum absolute atomic E-state index is 6.73. The van der Waals surface area contributed by atoms with Gasteiger partial charge in [0.15, 0.2) is 17.5 Å². The van der Waals surface area contributed by atoms with Crippen LogP contribution in [0, 0.1) is 0 Å². The molecule has 0 unspecified atom stereocenters. The molecule has 0 aliphatic heterocycles. The molecule has 0 amide bonds. The maximum Gasteiger partial charge on any atom is 0.164 e. The Hall–Kier alpha value is -6.66. The number of hydrogen-bond donors (Lipinski definition) is 0. The topological polar surface area (TPSA) is 77.8 Å². The fourth-order valence-electron chi connectivity index (χ4n) is 6.79. The van der Waals surface area contributed by atoms with E-state index in [-0.39, 0.29) is 0 Å². The molecular formula is C42H24N4O2. The molecule has 10 rings (SSSR count). The number of aromatic nitrogens is 4. The Balaban J connectivity index is 1.30. The van der Waals surface area contributed by atoms with Crippen LogP contribution in [-0.4, -0.2) is 19.9 Å². The van der Waals surface area contributed by atoms with Crippen LogP contribution in [0.15, 0.2) is 155 Å². The first-order valence-electron chi connectivity index (χ1n) is 15.8. The van der Waals surface area contributed by atoms with E-state index in [0.717, 1.165) is 82.5 Å². The van der Waals surface area contributed by atoms with Crippen molar-refractivity contribution in [2.24, 2.45) is 0 Å². The number of nitrogens with zero attached hydrogens (tertiary/aromatic N) is 4. The summed E-state index contributed by atoms with van der Waals surface area (Å²) < 4.78 is 13.0. The Kier molecular flexibility index (Phi) is 5.77. The summed E-state index contributed by atoms with van der Waals surface area (Å²) in [6, 6.07) is 44.9. The zero-order chi connectivity index (χ0) is 31.6. The molecule has 0 radical (unpaired) electrons. The molecule has 224 valence electrons. The summed E-state index contributed by atoms with van der Waals surface area (Å²) in [6.45, 7) is 0. The number of benzene rings is 6. The van der Waals surface area contributed by atoms with Crippen LogP contribution >= 0.6 is 0 Å². The van der Waals surface area contributed by atoms with E-state index >= 15 is 0 Å². The van der Waals surface area contributed by atoms with Gasteiger partial charge in [-0.05, 0) is 53.4 Å². The zero-order valence-corrected chi connectivity index (χ0v) is 25.5. The first kappa shape index (κ1) is 26.5. The minimum Gasteiger partial charge on any atom is -0.456 e. The highest BCUT2D eigenvalue weighted by atomic mass is 16.3. The highest BCUT2D eigenvalue weighted by Crippen LogP contribution is 2.43. The molecule has 6 nitrogen and oxygen atoms in total. The van der Waals surface area contributed by atoms with Gasteiger partial charge in [-0.15, -0.1) is 0 Å². The third-order valence-electron chi connectivity index (χ3n) is 9.01. The van der Waals surface area contributed by atoms with E-state index in [0.29, 0.717) is 17.5 Å². The van der Waals surface area contributed by atoms with E-state index in [1.54, 1.807) is 6.20 Å². The minimum atomic E-state index is 0.558. The molecule has 0 atom stereocenters. The van der Waals surface area contributed by atoms with Gasteiger partial charge in [0.25, 0.3) is 0 Å². The summed E-state index contributed by atoms with van der Waals surface area (Å²) in [5.41, 5.74) is 7.89. The van der Waals surface area contributed by atoms with Crippen LogP contribution in [0.1, 0.15) is 0 Å². The Bertz CT molecular complexity index is 2840. The predicted octanol–water partition coefficient (Wildman–Crippen LogP) is 10.9. The Labute approximate surface area is 274 Å². The van der Waals surface area contributed by atoms with Crippen LogP contribution in [0.4, 0.5) is 0 Å². The van der Waals surface area contributed by atoms with E-state index in [4.69, 9.17) is 23.8 Å². The number of furan rings is 2. The van der Waals surface area contributed by atoms with Crippen molar-refractivity contribution in [3.05, 3.63) is 146 Å². The smallest absolute Gasteiger partial charge is 0.164 e. The van der Waals surface area contributed by atoms with Crippen molar-refractivity contribution >= 4 is 54.6 Å². The normalized spacial score (nSPS) is 11.8. The first-order valence-corrected chi connectivity index (χ1v) is 15.8. The van der Waals surface area contributed by atoms with Gasteiger partial charge in [-0.2, -0.15) is 0 Å². The van der Waals surface area contributed by atoms with E-state index in [9.17, 15) is 0 Å². The fraction of sp³-hybridized carbons (Fsp3) is 0. The molecule has 0 N–H and O–H groups in total. The lowest BCUT2D eigenvalue weighted by Crippen LogP contribution is -2.01. The lowest BCUT2D eigenvalue weighted by molar-refractivity contribution is 0.669. The third kappa shape index (κ3) is 4.13. The molecule has 0 spiro atoms. The molecule has 48 heavy (non-hydrogen) atoms. The largest absolute Gasteiger partial charge is 0.456 e. The zero-order valence-electron chi connectivity index (χ0n) is 25.5. The average Bonchev–Trinajstić information content (AvgIpc) is 3.72. The number of para-hydroxylation sites is 1. The van der Waals surface area contributed by atoms with Crippen molar-refractivity contribution in [1.29, 1.82) is 0 Å². The summed E-state index contributed by atoms with van der Waals surface area (Å²) in [6.07, 6.45) is 3.69. The second-order valence-corrected chi connectivity index (χ2v) is 11.9. The van der Waals surface area contributed by atoms with Crippen molar-refractivity contribution in [3.8, 4) is 45.3 Å². The van der Waals surface area contributed by atoms with Crippen LogP contribution in [-0.2, 0) is 0 Å². The quantitative estimate of drug-likeness (QED) is 0.196. The van der Waals surface area contributed by atoms with Crippen LogP contribution < -0.4 is 0 Å². The number of fused-ring (bicyclic) bond motifs is 7. The molecule has 0 fully saturated rings. The third-order valence-corrected chi connectivity index (χ3v) is 9.01. The monoisotopic (exact) mass is 616 g/mol. The van der Waals surface area contributed by atoms with E-state index < -0.39 is 0 Å². The second kappa shape index (κ2) is 10.4. The van der Waals surface area contributed by atoms with Crippen molar-refractivity contribution in [2.45, 2.75) is 0 Å². The van der Waals surface area contributed by atoms with Crippen molar-refractivity contribution in [1.82, 2.24) is 19.9 Å². The van der Waals surface area contributed by atoms with Gasteiger partial charge in [0.2, 0.25) is 0 Å². The summed E-state index contributed by atoms with van der Waals surface area (Å²) >= 11 is 0. The van der Waals surface area contributed by atoms with Gasteiger partial charge in [-0.3, -0.25) is 4.98 Å². The first-order chi connectivity index (χ1) is 23.8. The summed E-state index contributed by atoms with van der Waals surface area (Å²) in [4.78, 5) is 19.8. The molecule has 10 aromatic rings. The summed E-state index contributed by atoms with van der Waals surface area (Å²) in [5.74, 6) is 1.71. The number of pyridine rings is 1. The molecule has 6 heteroatoms. The van der Waals surface area contributed by atoms with E-state index in [1.165, 1.54) is 0 Å². The van der Waals surface area contributed by atoms with Gasteiger partial charge in [0.1, 0.15) is 22.3 Å². The summed E-state index contributed by atoms with van der Waals surface area (Å²) in [5, 5.41) is 6.01. The molecular weight excluding hydrogens is 592 g/mol. The van der Waals surface area contributed by atoms with Gasteiger partial charge >= 0.3 is 0 Å². The highest BCUT2D eigenvalue weighted by Gasteiger charge is 2.22. The van der Waals surface area contributed by atoms with Gasteiger partial charge in [-0.25, -0.2) is 15.0 Å². The van der Waals surface area contributed by atoms with Crippen LogP contribution in [0.25, 0.3) is 99.9 Å². The van der Waals surface area contributed by atoms with E-state index in [2.05, 4.69) is 53.5 Å². The van der Waals surface area contributed by atoms with Crippen molar-refractivity contribution in [3.63, 3.8) is 0 Å². The van der Waals surface area contributed by atoms with E-state index in [1.807, 2.05) is 91.1 Å². The SMILES string of the molecule is c1ccc(-c2nc(-c3cccc4oc5ccccc5c34)nc(-c3ccc(-c4ccccc4)c4oc5cc6ccncc6cc5c34)n2)cc1. The lowest BCUT2D eigenvalue weighted by atomic mass is 9.97. The molecule has 4 aromatic heterocycles. The Morgan fingerprint density at radius 3 is 1.94 bits per heavy atom. The lowest BCUT2D eigenvalue weighted by Gasteiger charge is -2.11.